The molecule has 1 heterocycles. The van der Waals surface area contributed by atoms with Crippen molar-refractivity contribution in [2.24, 2.45) is 5.73 Å². The molecule has 0 saturated carbocycles. The van der Waals surface area contributed by atoms with E-state index in [1.165, 1.54) is 17.4 Å². The maximum Gasteiger partial charge on any atom is 0.162 e. The summed E-state index contributed by atoms with van der Waals surface area (Å²) in [7, 11) is 0. The summed E-state index contributed by atoms with van der Waals surface area (Å²) in [6, 6.07) is 5.81. The highest BCUT2D eigenvalue weighted by Crippen LogP contribution is 2.32. The normalized spacial score (nSPS) is 12.7. The van der Waals surface area contributed by atoms with Gasteiger partial charge in [-0.3, -0.25) is 0 Å². The second kappa shape index (κ2) is 5.47. The lowest BCUT2D eigenvalue weighted by Crippen LogP contribution is -2.13. The predicted octanol–water partition coefficient (Wildman–Crippen LogP) is 4.34. The Morgan fingerprint density at radius 1 is 1.39 bits per heavy atom. The summed E-state index contributed by atoms with van der Waals surface area (Å²) in [6.45, 7) is 1.97. The van der Waals surface area contributed by atoms with Crippen LogP contribution >= 0.6 is 27.3 Å². The molecule has 0 amide bonds. The van der Waals surface area contributed by atoms with Crippen LogP contribution in [0.15, 0.2) is 28.1 Å². The third-order valence-electron chi connectivity index (χ3n) is 2.71. The minimum absolute atomic E-state index is 0.288. The van der Waals surface area contributed by atoms with Crippen LogP contribution in [0.1, 0.15) is 22.0 Å². The minimum atomic E-state index is -0.830. The molecule has 1 nitrogen and oxygen atoms in total. The summed E-state index contributed by atoms with van der Waals surface area (Å²) < 4.78 is 27.6. The standard InChI is InChI=1S/C13H12BrF2NS/c1-7-5-11(18-13(7)14)10(17)6-8-3-2-4-9(15)12(8)16/h2-5,10H,6,17H2,1H3. The first-order valence-corrected chi connectivity index (χ1v) is 7.04. The Balaban J connectivity index is 2.21. The molecule has 2 aromatic rings. The molecule has 18 heavy (non-hydrogen) atoms. The van der Waals surface area contributed by atoms with Gasteiger partial charge in [0.15, 0.2) is 11.6 Å². The van der Waals surface area contributed by atoms with Gasteiger partial charge in [0.1, 0.15) is 0 Å². The maximum absolute atomic E-state index is 13.5. The number of halogens is 3. The van der Waals surface area contributed by atoms with Gasteiger partial charge >= 0.3 is 0 Å². The summed E-state index contributed by atoms with van der Waals surface area (Å²) >= 11 is 4.95. The van der Waals surface area contributed by atoms with E-state index in [2.05, 4.69) is 15.9 Å². The molecule has 1 aromatic heterocycles. The molecule has 2 rings (SSSR count). The van der Waals surface area contributed by atoms with Gasteiger partial charge < -0.3 is 5.73 Å². The summed E-state index contributed by atoms with van der Waals surface area (Å²) in [5, 5.41) is 0. The van der Waals surface area contributed by atoms with Crippen LogP contribution in [0.25, 0.3) is 0 Å². The molecular formula is C13H12BrF2NS. The van der Waals surface area contributed by atoms with Gasteiger partial charge in [-0.2, -0.15) is 0 Å². The van der Waals surface area contributed by atoms with Crippen LogP contribution in [0.5, 0.6) is 0 Å². The molecule has 0 bridgehead atoms. The van der Waals surface area contributed by atoms with Gasteiger partial charge in [-0.05, 0) is 52.5 Å². The van der Waals surface area contributed by atoms with Crippen molar-refractivity contribution in [3.8, 4) is 0 Å². The Kier molecular flexibility index (Phi) is 4.14. The van der Waals surface area contributed by atoms with Crippen LogP contribution in [-0.4, -0.2) is 0 Å². The van der Waals surface area contributed by atoms with E-state index in [0.29, 0.717) is 5.56 Å². The smallest absolute Gasteiger partial charge is 0.162 e. The topological polar surface area (TPSA) is 26.0 Å². The zero-order valence-corrected chi connectivity index (χ0v) is 12.1. The second-order valence-corrected chi connectivity index (χ2v) is 6.53. The molecule has 0 aliphatic heterocycles. The Labute approximate surface area is 117 Å². The van der Waals surface area contributed by atoms with Crippen molar-refractivity contribution >= 4 is 27.3 Å². The molecule has 0 aliphatic carbocycles. The van der Waals surface area contributed by atoms with Crippen molar-refractivity contribution < 1.29 is 8.78 Å². The maximum atomic E-state index is 13.5. The molecule has 1 aromatic carbocycles. The molecule has 96 valence electrons. The lowest BCUT2D eigenvalue weighted by atomic mass is 10.0. The van der Waals surface area contributed by atoms with Crippen LogP contribution in [0.3, 0.4) is 0 Å². The molecule has 1 unspecified atom stereocenters. The predicted molar refractivity (Wildman–Crippen MR) is 73.7 cm³/mol. The summed E-state index contributed by atoms with van der Waals surface area (Å²) in [5.41, 5.74) is 7.44. The van der Waals surface area contributed by atoms with Crippen molar-refractivity contribution in [1.29, 1.82) is 0 Å². The molecule has 0 saturated heterocycles. The van der Waals surface area contributed by atoms with Gasteiger partial charge in [-0.15, -0.1) is 11.3 Å². The molecular weight excluding hydrogens is 320 g/mol. The first-order chi connectivity index (χ1) is 8.49. The lowest BCUT2D eigenvalue weighted by molar-refractivity contribution is 0.494. The van der Waals surface area contributed by atoms with E-state index in [1.54, 1.807) is 6.07 Å². The van der Waals surface area contributed by atoms with Crippen LogP contribution < -0.4 is 5.73 Å². The average Bonchev–Trinajstić information content (AvgIpc) is 2.66. The van der Waals surface area contributed by atoms with E-state index < -0.39 is 11.6 Å². The molecule has 2 N–H and O–H groups in total. The lowest BCUT2D eigenvalue weighted by Gasteiger charge is -2.10. The molecule has 0 spiro atoms. The van der Waals surface area contributed by atoms with E-state index in [-0.39, 0.29) is 12.5 Å². The van der Waals surface area contributed by atoms with Crippen molar-refractivity contribution in [2.75, 3.05) is 0 Å². The monoisotopic (exact) mass is 331 g/mol. The fraction of sp³-hybridized carbons (Fsp3) is 0.231. The largest absolute Gasteiger partial charge is 0.323 e. The van der Waals surface area contributed by atoms with Crippen molar-refractivity contribution in [1.82, 2.24) is 0 Å². The van der Waals surface area contributed by atoms with Crippen molar-refractivity contribution in [2.45, 2.75) is 19.4 Å². The van der Waals surface area contributed by atoms with Gasteiger partial charge in [0.2, 0.25) is 0 Å². The fourth-order valence-corrected chi connectivity index (χ4v) is 3.28. The van der Waals surface area contributed by atoms with E-state index >= 15 is 0 Å². The van der Waals surface area contributed by atoms with E-state index in [1.807, 2.05) is 13.0 Å². The Bertz CT molecular complexity index is 549. The number of nitrogens with two attached hydrogens (primary N) is 1. The van der Waals surface area contributed by atoms with Gasteiger partial charge in [-0.1, -0.05) is 12.1 Å². The molecule has 0 radical (unpaired) electrons. The SMILES string of the molecule is Cc1cc(C(N)Cc2cccc(F)c2F)sc1Br. The van der Waals surface area contributed by atoms with Crippen LogP contribution in [0.4, 0.5) is 8.78 Å². The van der Waals surface area contributed by atoms with Crippen LogP contribution in [0.2, 0.25) is 0 Å². The molecule has 5 heteroatoms. The van der Waals surface area contributed by atoms with Crippen molar-refractivity contribution in [3.05, 3.63) is 55.7 Å². The summed E-state index contributed by atoms with van der Waals surface area (Å²) in [4.78, 5) is 0.961. The number of aryl methyl sites for hydroxylation is 1. The molecule has 1 atom stereocenters. The van der Waals surface area contributed by atoms with Gasteiger partial charge in [0.05, 0.1) is 3.79 Å². The average molecular weight is 332 g/mol. The zero-order chi connectivity index (χ0) is 13.3. The number of thiophene rings is 1. The minimum Gasteiger partial charge on any atom is -0.323 e. The van der Waals surface area contributed by atoms with Crippen LogP contribution in [0, 0.1) is 18.6 Å². The fourth-order valence-electron chi connectivity index (χ4n) is 1.71. The number of benzene rings is 1. The first kappa shape index (κ1) is 13.6. The zero-order valence-electron chi connectivity index (χ0n) is 9.71. The van der Waals surface area contributed by atoms with Crippen LogP contribution in [-0.2, 0) is 6.42 Å². The molecule has 0 fully saturated rings. The third kappa shape index (κ3) is 2.79. The quantitative estimate of drug-likeness (QED) is 0.889. The van der Waals surface area contributed by atoms with E-state index in [0.717, 1.165) is 20.3 Å². The highest BCUT2D eigenvalue weighted by Gasteiger charge is 2.15. The number of hydrogen-bond acceptors (Lipinski definition) is 2. The van der Waals surface area contributed by atoms with E-state index in [9.17, 15) is 8.78 Å². The summed E-state index contributed by atoms with van der Waals surface area (Å²) in [6.07, 6.45) is 0.288. The first-order valence-electron chi connectivity index (χ1n) is 5.43. The number of rotatable bonds is 3. The Hall–Kier alpha value is -0.780. The van der Waals surface area contributed by atoms with Gasteiger partial charge in [0.25, 0.3) is 0 Å². The summed E-state index contributed by atoms with van der Waals surface area (Å²) in [5.74, 6) is -1.64. The van der Waals surface area contributed by atoms with Gasteiger partial charge in [-0.25, -0.2) is 8.78 Å². The molecule has 0 aliphatic rings. The Morgan fingerprint density at radius 2 is 2.11 bits per heavy atom. The Morgan fingerprint density at radius 3 is 2.72 bits per heavy atom. The second-order valence-electron chi connectivity index (χ2n) is 4.13. The third-order valence-corrected chi connectivity index (χ3v) is 4.98. The highest BCUT2D eigenvalue weighted by molar-refractivity contribution is 9.11. The highest BCUT2D eigenvalue weighted by atomic mass is 79.9. The van der Waals surface area contributed by atoms with E-state index in [4.69, 9.17) is 5.73 Å². The van der Waals surface area contributed by atoms with Gasteiger partial charge in [0, 0.05) is 10.9 Å². The van der Waals surface area contributed by atoms with Crippen molar-refractivity contribution in [3.63, 3.8) is 0 Å². The number of hydrogen-bond donors (Lipinski definition) is 1.